The number of carbonyl (C=O) groups is 1. The van der Waals surface area contributed by atoms with Crippen molar-refractivity contribution in [1.82, 2.24) is 9.38 Å². The SMILES string of the molecule is NC(=O)c1cn2ccc3c(c2n1)NCC=C3. The fourth-order valence-electron chi connectivity index (χ4n) is 1.85. The maximum atomic E-state index is 11.1. The molecule has 0 radical (unpaired) electrons. The van der Waals surface area contributed by atoms with Gasteiger partial charge in [-0.25, -0.2) is 4.98 Å². The Labute approximate surface area is 91.6 Å². The van der Waals surface area contributed by atoms with Gasteiger partial charge in [-0.05, 0) is 6.07 Å². The lowest BCUT2D eigenvalue weighted by Crippen LogP contribution is -2.11. The molecule has 0 saturated heterocycles. The smallest absolute Gasteiger partial charge is 0.268 e. The molecule has 0 aliphatic carbocycles. The molecule has 1 aliphatic heterocycles. The summed E-state index contributed by atoms with van der Waals surface area (Å²) in [5.41, 5.74) is 8.23. The minimum absolute atomic E-state index is 0.282. The number of rotatable bonds is 1. The van der Waals surface area contributed by atoms with E-state index in [0.29, 0.717) is 0 Å². The number of fused-ring (bicyclic) bond motifs is 3. The Balaban J connectivity index is 2.31. The molecule has 5 nitrogen and oxygen atoms in total. The second-order valence-corrected chi connectivity index (χ2v) is 3.65. The molecule has 1 aliphatic rings. The number of nitrogens with two attached hydrogens (primary N) is 1. The van der Waals surface area contributed by atoms with Gasteiger partial charge in [0.2, 0.25) is 0 Å². The number of carbonyl (C=O) groups excluding carboxylic acids is 1. The molecule has 3 N–H and O–H groups in total. The highest BCUT2D eigenvalue weighted by atomic mass is 16.1. The van der Waals surface area contributed by atoms with E-state index in [1.807, 2.05) is 24.4 Å². The summed E-state index contributed by atoms with van der Waals surface area (Å²) in [5.74, 6) is -0.510. The van der Waals surface area contributed by atoms with Crippen LogP contribution in [0.15, 0.2) is 24.5 Å². The van der Waals surface area contributed by atoms with Gasteiger partial charge in [-0.15, -0.1) is 0 Å². The van der Waals surface area contributed by atoms with Crippen LogP contribution in [0.4, 0.5) is 5.69 Å². The molecule has 0 aromatic carbocycles. The van der Waals surface area contributed by atoms with Crippen molar-refractivity contribution >= 4 is 23.3 Å². The Kier molecular flexibility index (Phi) is 1.73. The molecule has 0 fully saturated rings. The van der Waals surface area contributed by atoms with Crippen LogP contribution in [0.25, 0.3) is 11.7 Å². The zero-order chi connectivity index (χ0) is 11.1. The van der Waals surface area contributed by atoms with Crippen LogP contribution in [0.5, 0.6) is 0 Å². The number of nitrogens with one attached hydrogen (secondary N) is 1. The van der Waals surface area contributed by atoms with Gasteiger partial charge in [0.15, 0.2) is 5.65 Å². The Morgan fingerprint density at radius 2 is 2.44 bits per heavy atom. The van der Waals surface area contributed by atoms with Gasteiger partial charge in [0, 0.05) is 24.5 Å². The Hall–Kier alpha value is -2.30. The number of hydrogen-bond donors (Lipinski definition) is 2. The van der Waals surface area contributed by atoms with E-state index < -0.39 is 5.91 Å². The molecule has 0 atom stereocenters. The molecule has 0 spiro atoms. The van der Waals surface area contributed by atoms with E-state index in [1.54, 1.807) is 10.6 Å². The molecule has 3 rings (SSSR count). The fourth-order valence-corrected chi connectivity index (χ4v) is 1.85. The summed E-state index contributed by atoms with van der Waals surface area (Å²) in [6.07, 6.45) is 7.57. The second-order valence-electron chi connectivity index (χ2n) is 3.65. The van der Waals surface area contributed by atoms with Crippen molar-refractivity contribution < 1.29 is 4.79 Å². The average Bonchev–Trinajstić information content (AvgIpc) is 2.73. The quantitative estimate of drug-likeness (QED) is 0.739. The standard InChI is InChI=1S/C11H10N4O/c12-10(16)8-6-15-5-3-7-2-1-4-13-9(7)11(15)14-8/h1-3,5-6,13H,4H2,(H2,12,16). The van der Waals surface area contributed by atoms with Gasteiger partial charge in [-0.3, -0.25) is 4.79 Å². The van der Waals surface area contributed by atoms with Crippen LogP contribution in [0.3, 0.4) is 0 Å². The number of imidazole rings is 1. The maximum Gasteiger partial charge on any atom is 0.268 e. The first-order valence-corrected chi connectivity index (χ1v) is 4.97. The number of hydrogen-bond acceptors (Lipinski definition) is 3. The number of primary amides is 1. The van der Waals surface area contributed by atoms with Gasteiger partial charge in [0.25, 0.3) is 5.91 Å². The molecule has 2 aromatic rings. The molecule has 0 bridgehead atoms. The lowest BCUT2D eigenvalue weighted by Gasteiger charge is -2.13. The third kappa shape index (κ3) is 1.18. The van der Waals surface area contributed by atoms with Gasteiger partial charge in [0.1, 0.15) is 5.69 Å². The zero-order valence-electron chi connectivity index (χ0n) is 8.47. The number of nitrogens with zero attached hydrogens (tertiary/aromatic N) is 2. The van der Waals surface area contributed by atoms with Crippen LogP contribution in [-0.2, 0) is 0 Å². The first-order chi connectivity index (χ1) is 7.75. The Morgan fingerprint density at radius 3 is 3.25 bits per heavy atom. The topological polar surface area (TPSA) is 72.4 Å². The van der Waals surface area contributed by atoms with Gasteiger partial charge >= 0.3 is 0 Å². The van der Waals surface area contributed by atoms with Crippen molar-refractivity contribution in [3.8, 4) is 0 Å². The summed E-state index contributed by atoms with van der Waals surface area (Å²) in [6, 6.07) is 1.97. The van der Waals surface area contributed by atoms with Crippen LogP contribution in [0.2, 0.25) is 0 Å². The number of pyridine rings is 1. The molecule has 16 heavy (non-hydrogen) atoms. The highest BCUT2D eigenvalue weighted by Crippen LogP contribution is 2.25. The van der Waals surface area contributed by atoms with Crippen molar-refractivity contribution in [1.29, 1.82) is 0 Å². The first-order valence-electron chi connectivity index (χ1n) is 4.97. The Bertz CT molecular complexity index is 612. The Morgan fingerprint density at radius 1 is 1.56 bits per heavy atom. The first kappa shape index (κ1) is 8.96. The number of amides is 1. The lowest BCUT2D eigenvalue weighted by molar-refractivity contribution is 0.0996. The predicted molar refractivity (Wildman–Crippen MR) is 61.2 cm³/mol. The molecule has 80 valence electrons. The maximum absolute atomic E-state index is 11.1. The van der Waals surface area contributed by atoms with Crippen LogP contribution < -0.4 is 11.1 Å². The third-order valence-corrected chi connectivity index (χ3v) is 2.61. The van der Waals surface area contributed by atoms with Gasteiger partial charge in [-0.1, -0.05) is 12.2 Å². The van der Waals surface area contributed by atoms with Gasteiger partial charge < -0.3 is 15.5 Å². The molecule has 0 unspecified atom stereocenters. The fraction of sp³-hybridized carbons (Fsp3) is 0.0909. The summed E-state index contributed by atoms with van der Waals surface area (Å²) in [4.78, 5) is 15.3. The van der Waals surface area contributed by atoms with E-state index in [2.05, 4.69) is 10.3 Å². The van der Waals surface area contributed by atoms with E-state index in [1.165, 1.54) is 0 Å². The van der Waals surface area contributed by atoms with E-state index in [-0.39, 0.29) is 5.69 Å². The van der Waals surface area contributed by atoms with E-state index in [4.69, 9.17) is 5.73 Å². The summed E-state index contributed by atoms with van der Waals surface area (Å²) in [6.45, 7) is 0.769. The largest absolute Gasteiger partial charge is 0.378 e. The highest BCUT2D eigenvalue weighted by Gasteiger charge is 2.13. The molecular weight excluding hydrogens is 204 g/mol. The van der Waals surface area contributed by atoms with Crippen LogP contribution >= 0.6 is 0 Å². The summed E-state index contributed by atoms with van der Waals surface area (Å²) >= 11 is 0. The highest BCUT2D eigenvalue weighted by molar-refractivity contribution is 5.93. The molecule has 2 aromatic heterocycles. The summed E-state index contributed by atoms with van der Waals surface area (Å²) in [5, 5.41) is 3.24. The zero-order valence-corrected chi connectivity index (χ0v) is 8.47. The normalized spacial score (nSPS) is 13.5. The monoisotopic (exact) mass is 214 g/mol. The van der Waals surface area contributed by atoms with Crippen molar-refractivity contribution in [2.75, 3.05) is 11.9 Å². The molecule has 5 heteroatoms. The van der Waals surface area contributed by atoms with Crippen LogP contribution in [0.1, 0.15) is 16.1 Å². The molecule has 1 amide bonds. The van der Waals surface area contributed by atoms with Crippen molar-refractivity contribution in [2.24, 2.45) is 5.73 Å². The van der Waals surface area contributed by atoms with Gasteiger partial charge in [-0.2, -0.15) is 0 Å². The predicted octanol–water partition coefficient (Wildman–Crippen LogP) is 0.872. The number of anilines is 1. The minimum atomic E-state index is -0.510. The van der Waals surface area contributed by atoms with Crippen molar-refractivity contribution in [2.45, 2.75) is 0 Å². The third-order valence-electron chi connectivity index (χ3n) is 2.61. The van der Waals surface area contributed by atoms with Crippen LogP contribution in [-0.4, -0.2) is 21.8 Å². The van der Waals surface area contributed by atoms with Crippen LogP contribution in [0, 0.1) is 0 Å². The van der Waals surface area contributed by atoms with Crippen molar-refractivity contribution in [3.05, 3.63) is 35.8 Å². The average molecular weight is 214 g/mol. The number of aromatic nitrogens is 2. The molecular formula is C11H10N4O. The van der Waals surface area contributed by atoms with E-state index in [9.17, 15) is 4.79 Å². The van der Waals surface area contributed by atoms with Gasteiger partial charge in [0.05, 0.1) is 5.69 Å². The van der Waals surface area contributed by atoms with Crippen molar-refractivity contribution in [3.63, 3.8) is 0 Å². The summed E-state index contributed by atoms with van der Waals surface area (Å²) < 4.78 is 1.80. The van der Waals surface area contributed by atoms with E-state index >= 15 is 0 Å². The summed E-state index contributed by atoms with van der Waals surface area (Å²) in [7, 11) is 0. The minimum Gasteiger partial charge on any atom is -0.378 e. The van der Waals surface area contributed by atoms with E-state index in [0.717, 1.165) is 23.4 Å². The second kappa shape index (κ2) is 3.10. The molecule has 3 heterocycles. The molecule has 0 saturated carbocycles. The lowest BCUT2D eigenvalue weighted by atomic mass is 10.1.